The number of benzene rings is 1. The van der Waals surface area contributed by atoms with Crippen LogP contribution in [0.2, 0.25) is 0 Å². The van der Waals surface area contributed by atoms with Crippen LogP contribution in [-0.4, -0.2) is 47.0 Å². The molecule has 1 unspecified atom stereocenters. The van der Waals surface area contributed by atoms with Crippen LogP contribution >= 0.6 is 11.8 Å². The van der Waals surface area contributed by atoms with Crippen LogP contribution in [-0.2, 0) is 20.0 Å². The number of methoxy groups -OCH3 is 1. The summed E-state index contributed by atoms with van der Waals surface area (Å²) in [7, 11) is 1.40. The number of hydrogen-bond acceptors (Lipinski definition) is 7. The number of esters is 1. The smallest absolute Gasteiger partial charge is 0.422 e. The maximum Gasteiger partial charge on any atom is 0.422 e. The SMILES string of the molecule is COCC(=O)OC(C)n1c(SCc2nccc(OCC(F)(F)F)c2C)nc2ccccc21. The van der Waals surface area contributed by atoms with E-state index in [2.05, 4.69) is 9.97 Å². The highest BCUT2D eigenvalue weighted by Gasteiger charge is 2.29. The molecule has 7 nitrogen and oxygen atoms in total. The lowest BCUT2D eigenvalue weighted by molar-refractivity contribution is -0.157. The van der Waals surface area contributed by atoms with Crippen molar-refractivity contribution in [3.63, 3.8) is 0 Å². The molecule has 0 bridgehead atoms. The van der Waals surface area contributed by atoms with Crippen LogP contribution in [0, 0.1) is 6.92 Å². The van der Waals surface area contributed by atoms with Gasteiger partial charge in [0.1, 0.15) is 12.4 Å². The van der Waals surface area contributed by atoms with Crippen molar-refractivity contribution < 1.29 is 32.2 Å². The summed E-state index contributed by atoms with van der Waals surface area (Å²) < 4.78 is 54.5. The van der Waals surface area contributed by atoms with E-state index < -0.39 is 25.0 Å². The molecule has 0 amide bonds. The van der Waals surface area contributed by atoms with Crippen molar-refractivity contribution in [1.29, 1.82) is 0 Å². The van der Waals surface area contributed by atoms with Crippen molar-refractivity contribution in [2.45, 2.75) is 37.2 Å². The number of imidazole rings is 1. The monoisotopic (exact) mass is 469 g/mol. The number of halogens is 3. The van der Waals surface area contributed by atoms with Gasteiger partial charge in [-0.1, -0.05) is 23.9 Å². The molecule has 1 atom stereocenters. The molecule has 0 aliphatic rings. The Morgan fingerprint density at radius 1 is 1.25 bits per heavy atom. The third-order valence-electron chi connectivity index (χ3n) is 4.48. The molecule has 0 saturated carbocycles. The van der Waals surface area contributed by atoms with E-state index in [0.717, 1.165) is 11.0 Å². The normalized spacial score (nSPS) is 12.7. The second kappa shape index (κ2) is 10.2. The van der Waals surface area contributed by atoms with Gasteiger partial charge in [0.25, 0.3) is 0 Å². The first-order chi connectivity index (χ1) is 15.2. The van der Waals surface area contributed by atoms with Gasteiger partial charge in [-0.3, -0.25) is 9.55 Å². The molecule has 0 fully saturated rings. The van der Waals surface area contributed by atoms with Crippen molar-refractivity contribution >= 4 is 28.8 Å². The van der Waals surface area contributed by atoms with Crippen LogP contribution in [0.4, 0.5) is 13.2 Å². The van der Waals surface area contributed by atoms with Gasteiger partial charge in [0.05, 0.1) is 16.7 Å². The summed E-state index contributed by atoms with van der Waals surface area (Å²) in [5.41, 5.74) is 2.58. The van der Waals surface area contributed by atoms with Gasteiger partial charge in [0, 0.05) is 24.6 Å². The average molecular weight is 469 g/mol. The molecule has 0 aliphatic carbocycles. The van der Waals surface area contributed by atoms with Crippen molar-refractivity contribution in [3.05, 3.63) is 47.8 Å². The zero-order chi connectivity index (χ0) is 23.3. The minimum atomic E-state index is -4.42. The fraction of sp³-hybridized carbons (Fsp3) is 0.381. The molecule has 11 heteroatoms. The molecule has 3 rings (SSSR count). The first-order valence-corrected chi connectivity index (χ1v) is 10.6. The Morgan fingerprint density at radius 2 is 2.00 bits per heavy atom. The van der Waals surface area contributed by atoms with Gasteiger partial charge in [0.15, 0.2) is 18.0 Å². The minimum Gasteiger partial charge on any atom is -0.484 e. The third kappa shape index (κ3) is 5.92. The average Bonchev–Trinajstić information content (AvgIpc) is 3.10. The van der Waals surface area contributed by atoms with E-state index in [-0.39, 0.29) is 12.4 Å². The number of nitrogens with zero attached hydrogens (tertiary/aromatic N) is 3. The Morgan fingerprint density at radius 3 is 2.72 bits per heavy atom. The molecule has 32 heavy (non-hydrogen) atoms. The molecule has 2 aromatic heterocycles. The third-order valence-corrected chi connectivity index (χ3v) is 5.44. The molecule has 0 spiro atoms. The van der Waals surface area contributed by atoms with E-state index in [9.17, 15) is 18.0 Å². The van der Waals surface area contributed by atoms with E-state index >= 15 is 0 Å². The number of ether oxygens (including phenoxy) is 3. The first kappa shape index (κ1) is 23.9. The minimum absolute atomic E-state index is 0.128. The fourth-order valence-electron chi connectivity index (χ4n) is 3.02. The number of rotatable bonds is 9. The van der Waals surface area contributed by atoms with Gasteiger partial charge in [-0.2, -0.15) is 13.2 Å². The van der Waals surface area contributed by atoms with Gasteiger partial charge < -0.3 is 14.2 Å². The summed E-state index contributed by atoms with van der Waals surface area (Å²) in [4.78, 5) is 20.8. The summed E-state index contributed by atoms with van der Waals surface area (Å²) in [6.07, 6.45) is -3.67. The molecule has 2 heterocycles. The van der Waals surface area contributed by atoms with Crippen molar-refractivity contribution in [1.82, 2.24) is 14.5 Å². The maximum atomic E-state index is 12.5. The molecule has 1 aromatic carbocycles. The van der Waals surface area contributed by atoms with Gasteiger partial charge >= 0.3 is 12.1 Å². The van der Waals surface area contributed by atoms with Gasteiger partial charge in [0.2, 0.25) is 0 Å². The van der Waals surface area contributed by atoms with Gasteiger partial charge in [-0.05, 0) is 32.0 Å². The Balaban J connectivity index is 1.83. The molecular weight excluding hydrogens is 447 g/mol. The fourth-order valence-corrected chi connectivity index (χ4v) is 4.13. The lowest BCUT2D eigenvalue weighted by Crippen LogP contribution is -2.19. The van der Waals surface area contributed by atoms with Gasteiger partial charge in [-0.15, -0.1) is 0 Å². The van der Waals surface area contributed by atoms with E-state index in [1.54, 1.807) is 18.4 Å². The topological polar surface area (TPSA) is 75.5 Å². The molecular formula is C21H22F3N3O4S. The number of alkyl halides is 3. The van der Waals surface area contributed by atoms with Crippen molar-refractivity contribution in [3.8, 4) is 5.75 Å². The second-order valence-electron chi connectivity index (χ2n) is 6.85. The Hall–Kier alpha value is -2.79. The molecule has 0 saturated heterocycles. The van der Waals surface area contributed by atoms with Crippen molar-refractivity contribution in [2.24, 2.45) is 0 Å². The summed E-state index contributed by atoms with van der Waals surface area (Å²) in [5, 5.41) is 0.576. The number of para-hydroxylation sites is 2. The zero-order valence-corrected chi connectivity index (χ0v) is 18.5. The Labute approximate surface area is 186 Å². The predicted molar refractivity (Wildman–Crippen MR) is 112 cm³/mol. The summed E-state index contributed by atoms with van der Waals surface area (Å²) in [6, 6.07) is 8.81. The van der Waals surface area contributed by atoms with Crippen LogP contribution in [0.15, 0.2) is 41.7 Å². The van der Waals surface area contributed by atoms with Crippen LogP contribution in [0.5, 0.6) is 5.75 Å². The molecule has 0 N–H and O–H groups in total. The summed E-state index contributed by atoms with van der Waals surface area (Å²) >= 11 is 1.33. The van der Waals surface area contributed by atoms with Crippen LogP contribution in [0.1, 0.15) is 24.4 Å². The number of hydrogen-bond donors (Lipinski definition) is 0. The largest absolute Gasteiger partial charge is 0.484 e. The highest BCUT2D eigenvalue weighted by molar-refractivity contribution is 7.98. The lowest BCUT2D eigenvalue weighted by Gasteiger charge is -2.18. The number of carbonyl (C=O) groups is 1. The standard InChI is InChI=1S/C21H22F3N3O4S/c1-13-16(25-9-8-18(13)30-12-21(22,23)24)11-32-20-26-15-6-4-5-7-17(15)27(20)14(2)31-19(28)10-29-3/h4-9,14H,10-12H2,1-3H3. The van der Waals surface area contributed by atoms with Gasteiger partial charge in [-0.25, -0.2) is 9.78 Å². The maximum absolute atomic E-state index is 12.5. The predicted octanol–water partition coefficient (Wildman–Crippen LogP) is 4.68. The second-order valence-corrected chi connectivity index (χ2v) is 7.79. The van der Waals surface area contributed by atoms with Crippen LogP contribution < -0.4 is 4.74 Å². The number of aromatic nitrogens is 3. The van der Waals surface area contributed by atoms with Crippen LogP contribution in [0.25, 0.3) is 11.0 Å². The molecule has 3 aromatic rings. The van der Waals surface area contributed by atoms with E-state index in [1.165, 1.54) is 31.1 Å². The lowest BCUT2D eigenvalue weighted by atomic mass is 10.2. The highest BCUT2D eigenvalue weighted by atomic mass is 32.2. The van der Waals surface area contributed by atoms with Crippen molar-refractivity contribution in [2.75, 3.05) is 20.3 Å². The number of pyridine rings is 1. The number of carbonyl (C=O) groups excluding carboxylic acids is 1. The molecule has 0 aliphatic heterocycles. The Bertz CT molecular complexity index is 1090. The molecule has 172 valence electrons. The quantitative estimate of drug-likeness (QED) is 0.333. The van der Waals surface area contributed by atoms with E-state index in [0.29, 0.717) is 22.2 Å². The Kier molecular flexibility index (Phi) is 7.62. The molecule has 0 radical (unpaired) electrons. The number of thioether (sulfide) groups is 1. The first-order valence-electron chi connectivity index (χ1n) is 9.62. The number of fused-ring (bicyclic) bond motifs is 1. The van der Waals surface area contributed by atoms with E-state index in [4.69, 9.17) is 14.2 Å². The zero-order valence-electron chi connectivity index (χ0n) is 17.7. The van der Waals surface area contributed by atoms with E-state index in [1.807, 2.05) is 24.3 Å². The van der Waals surface area contributed by atoms with Crippen LogP contribution in [0.3, 0.4) is 0 Å². The highest BCUT2D eigenvalue weighted by Crippen LogP contribution is 2.32. The summed E-state index contributed by atoms with van der Waals surface area (Å²) in [6.45, 7) is 1.84. The summed E-state index contributed by atoms with van der Waals surface area (Å²) in [5.74, 6) is -0.0547.